The van der Waals surface area contributed by atoms with Gasteiger partial charge in [0, 0.05) is 31.0 Å². The van der Waals surface area contributed by atoms with Crippen LogP contribution in [0.2, 0.25) is 0 Å². The number of likely N-dealkylation sites (tertiary alicyclic amines) is 1. The number of fused-ring (bicyclic) bond motifs is 2. The van der Waals surface area contributed by atoms with Gasteiger partial charge >= 0.3 is 0 Å². The molecule has 2 saturated heterocycles. The van der Waals surface area contributed by atoms with Crippen LogP contribution >= 0.6 is 0 Å². The predicted molar refractivity (Wildman–Crippen MR) is 140 cm³/mol. The molecule has 2 fully saturated rings. The van der Waals surface area contributed by atoms with Crippen LogP contribution in [0.1, 0.15) is 0 Å². The molecule has 3 amide bonds. The number of carbonyl (C=O) groups is 3. The van der Waals surface area contributed by atoms with Gasteiger partial charge in [-0.05, 0) is 36.4 Å². The van der Waals surface area contributed by atoms with Crippen LogP contribution in [-0.4, -0.2) is 78.8 Å². The topological polar surface area (TPSA) is 99.6 Å². The largest absolute Gasteiger partial charge is 0.497 e. The molecule has 9 heteroatoms. The number of benzene rings is 2. The smallest absolute Gasteiger partial charge is 0.253 e. The van der Waals surface area contributed by atoms with Gasteiger partial charge in [0.15, 0.2) is 0 Å². The Morgan fingerprint density at radius 3 is 2.32 bits per heavy atom. The molecule has 0 radical (unpaired) electrons. The number of β-amino-alcohol motifs (C(OH)–C–C–N with tert-alkyl or cyclic N) is 1. The number of hydrogen-bond donors (Lipinski definition) is 1. The fraction of sp³-hybridized carbons (Fsp3) is 0.345. The third-order valence-electron chi connectivity index (χ3n) is 7.95. The van der Waals surface area contributed by atoms with Crippen LogP contribution in [-0.2, 0) is 19.1 Å². The van der Waals surface area contributed by atoms with Crippen molar-refractivity contribution in [1.29, 1.82) is 0 Å². The highest BCUT2D eigenvalue weighted by Gasteiger charge is 2.71. The van der Waals surface area contributed by atoms with Crippen molar-refractivity contribution in [2.24, 2.45) is 11.8 Å². The molecular formula is C29H29N3O6. The number of para-hydroxylation sites is 1. The summed E-state index contributed by atoms with van der Waals surface area (Å²) in [5.41, 5.74) is 0.0477. The first kappa shape index (κ1) is 24.4. The molecule has 0 saturated carbocycles. The maximum atomic E-state index is 14.2. The van der Waals surface area contributed by atoms with Gasteiger partial charge in [-0.15, -0.1) is 0 Å². The Balaban J connectivity index is 1.42. The highest BCUT2D eigenvalue weighted by Crippen LogP contribution is 2.53. The molecule has 2 aromatic carbocycles. The number of aliphatic hydroxyl groups excluding tert-OH is 1. The van der Waals surface area contributed by atoms with Crippen molar-refractivity contribution in [2.45, 2.75) is 17.7 Å². The summed E-state index contributed by atoms with van der Waals surface area (Å²) in [6, 6.07) is 15.4. The van der Waals surface area contributed by atoms with Crippen molar-refractivity contribution < 1.29 is 29.0 Å². The second kappa shape index (κ2) is 9.41. The van der Waals surface area contributed by atoms with Crippen molar-refractivity contribution in [3.8, 4) is 5.75 Å². The Kier molecular flexibility index (Phi) is 6.04. The molecule has 9 nitrogen and oxygen atoms in total. The molecule has 1 unspecified atom stereocenters. The Hall–Kier alpha value is -3.95. The number of carbonyl (C=O) groups excluding carboxylic acids is 3. The zero-order chi connectivity index (χ0) is 26.4. The summed E-state index contributed by atoms with van der Waals surface area (Å²) in [7, 11) is 1.57. The third kappa shape index (κ3) is 3.57. The molecule has 38 heavy (non-hydrogen) atoms. The molecule has 0 aliphatic carbocycles. The van der Waals surface area contributed by atoms with Gasteiger partial charge in [-0.2, -0.15) is 0 Å². The quantitative estimate of drug-likeness (QED) is 0.610. The maximum Gasteiger partial charge on any atom is 0.253 e. The molecule has 5 atom stereocenters. The summed E-state index contributed by atoms with van der Waals surface area (Å²) in [6.45, 7) is 0.278. The van der Waals surface area contributed by atoms with Crippen molar-refractivity contribution >= 4 is 29.1 Å². The van der Waals surface area contributed by atoms with E-state index < -0.39 is 29.6 Å². The fourth-order valence-corrected chi connectivity index (χ4v) is 6.32. The first-order valence-electron chi connectivity index (χ1n) is 12.8. The third-order valence-corrected chi connectivity index (χ3v) is 7.95. The van der Waals surface area contributed by atoms with E-state index >= 15 is 0 Å². The Morgan fingerprint density at radius 2 is 1.61 bits per heavy atom. The molecule has 4 aliphatic rings. The summed E-state index contributed by atoms with van der Waals surface area (Å²) in [6.07, 6.45) is 6.68. The normalized spacial score (nSPS) is 30.2. The number of anilines is 2. The Bertz CT molecular complexity index is 1310. The van der Waals surface area contributed by atoms with Gasteiger partial charge in [0.2, 0.25) is 11.8 Å². The minimum atomic E-state index is -1.33. The van der Waals surface area contributed by atoms with Crippen LogP contribution in [0.3, 0.4) is 0 Å². The highest BCUT2D eigenvalue weighted by molar-refractivity contribution is 6.07. The number of rotatable bonds is 5. The van der Waals surface area contributed by atoms with Gasteiger partial charge in [0.05, 0.1) is 31.7 Å². The van der Waals surface area contributed by atoms with Crippen molar-refractivity contribution in [1.82, 2.24) is 4.90 Å². The monoisotopic (exact) mass is 515 g/mol. The van der Waals surface area contributed by atoms with E-state index in [4.69, 9.17) is 9.47 Å². The van der Waals surface area contributed by atoms with Crippen LogP contribution in [0.25, 0.3) is 0 Å². The Morgan fingerprint density at radius 1 is 0.921 bits per heavy atom. The SMILES string of the molecule is COc1ccc(N2CC=C[C@]34O[C@H]5C=CCN(c6ccccc6)C(=O)[C@H]5[C@H]3C(=O)N(CCO)C4C2=O)cc1. The summed E-state index contributed by atoms with van der Waals surface area (Å²) in [5.74, 6) is -1.95. The zero-order valence-electron chi connectivity index (χ0n) is 21.0. The predicted octanol–water partition coefficient (Wildman–Crippen LogP) is 1.77. The maximum absolute atomic E-state index is 14.2. The van der Waals surface area contributed by atoms with Crippen molar-refractivity contribution in [3.63, 3.8) is 0 Å². The summed E-state index contributed by atoms with van der Waals surface area (Å²) >= 11 is 0. The van der Waals surface area contributed by atoms with E-state index in [1.807, 2.05) is 48.6 Å². The minimum Gasteiger partial charge on any atom is -0.497 e. The van der Waals surface area contributed by atoms with Crippen molar-refractivity contribution in [2.75, 3.05) is 43.2 Å². The lowest BCUT2D eigenvalue weighted by Gasteiger charge is -2.35. The number of aliphatic hydroxyl groups is 1. The van der Waals surface area contributed by atoms with E-state index in [1.165, 1.54) is 4.90 Å². The minimum absolute atomic E-state index is 0.0367. The zero-order valence-corrected chi connectivity index (χ0v) is 21.0. The van der Waals surface area contributed by atoms with Crippen LogP contribution < -0.4 is 14.5 Å². The van der Waals surface area contributed by atoms with Crippen LogP contribution in [0, 0.1) is 11.8 Å². The number of ether oxygens (including phenoxy) is 2. The van der Waals surface area contributed by atoms with Gasteiger partial charge < -0.3 is 29.3 Å². The molecule has 196 valence electrons. The van der Waals surface area contributed by atoms with E-state index in [0.717, 1.165) is 5.69 Å². The number of amides is 3. The van der Waals surface area contributed by atoms with E-state index in [1.54, 1.807) is 47.3 Å². The van der Waals surface area contributed by atoms with Gasteiger partial charge in [-0.1, -0.05) is 42.5 Å². The summed E-state index contributed by atoms with van der Waals surface area (Å²) in [5, 5.41) is 9.84. The summed E-state index contributed by atoms with van der Waals surface area (Å²) in [4.78, 5) is 46.8. The molecule has 0 bridgehead atoms. The summed E-state index contributed by atoms with van der Waals surface area (Å²) < 4.78 is 11.9. The van der Waals surface area contributed by atoms with Crippen molar-refractivity contribution in [3.05, 3.63) is 78.9 Å². The number of nitrogens with zero attached hydrogens (tertiary/aromatic N) is 3. The lowest BCUT2D eigenvalue weighted by molar-refractivity contribution is -0.141. The standard InChI is InChI=1S/C29H29N3O6/c1-37-21-12-10-20(11-13-21)31-16-6-14-29-24(27(35)32(17-18-33)25(29)28(31)36)23-22(38-29)9-5-15-30(26(23)34)19-7-3-2-4-8-19/h2-14,22-25,33H,15-18H2,1H3/t22-,23+,24-,25?,29-/m0/s1. The van der Waals surface area contributed by atoms with Gasteiger partial charge in [0.1, 0.15) is 17.4 Å². The number of methoxy groups -OCH3 is 1. The second-order valence-electron chi connectivity index (χ2n) is 9.86. The average Bonchev–Trinajstić information content (AvgIpc) is 3.24. The van der Waals surface area contributed by atoms with Gasteiger partial charge in [0.25, 0.3) is 5.91 Å². The molecule has 4 aliphatic heterocycles. The fourth-order valence-electron chi connectivity index (χ4n) is 6.32. The highest BCUT2D eigenvalue weighted by atomic mass is 16.5. The molecule has 1 N–H and O–H groups in total. The molecule has 1 spiro atoms. The van der Waals surface area contributed by atoms with Crippen LogP contribution in [0.15, 0.2) is 78.9 Å². The van der Waals surface area contributed by atoms with E-state index in [2.05, 4.69) is 0 Å². The first-order chi connectivity index (χ1) is 18.5. The van der Waals surface area contributed by atoms with Gasteiger partial charge in [-0.3, -0.25) is 14.4 Å². The van der Waals surface area contributed by atoms with Crippen LogP contribution in [0.5, 0.6) is 5.75 Å². The first-order valence-corrected chi connectivity index (χ1v) is 12.8. The Labute approximate surface area is 220 Å². The van der Waals surface area contributed by atoms with E-state index in [9.17, 15) is 19.5 Å². The average molecular weight is 516 g/mol. The van der Waals surface area contributed by atoms with Gasteiger partial charge in [-0.25, -0.2) is 0 Å². The van der Waals surface area contributed by atoms with E-state index in [0.29, 0.717) is 18.0 Å². The number of hydrogen-bond acceptors (Lipinski definition) is 6. The lowest BCUT2D eigenvalue weighted by Crippen LogP contribution is -2.55. The molecule has 0 aromatic heterocycles. The molecule has 2 aromatic rings. The van der Waals surface area contributed by atoms with E-state index in [-0.39, 0.29) is 37.4 Å². The molecule has 6 rings (SSSR count). The molecule has 4 heterocycles. The molecular weight excluding hydrogens is 486 g/mol. The lowest BCUT2D eigenvalue weighted by atomic mass is 9.77. The van der Waals surface area contributed by atoms with Crippen LogP contribution in [0.4, 0.5) is 11.4 Å². The second-order valence-corrected chi connectivity index (χ2v) is 9.86.